The number of carbonyl (C=O) groups is 1. The van der Waals surface area contributed by atoms with Crippen molar-refractivity contribution >= 4 is 17.4 Å². The van der Waals surface area contributed by atoms with Crippen molar-refractivity contribution in [3.8, 4) is 0 Å². The Morgan fingerprint density at radius 3 is 2.33 bits per heavy atom. The second-order valence-electron chi connectivity index (χ2n) is 6.64. The van der Waals surface area contributed by atoms with Crippen LogP contribution in [-0.4, -0.2) is 21.9 Å². The number of benzene rings is 1. The molecule has 1 aromatic heterocycles. The van der Waals surface area contributed by atoms with E-state index in [0.29, 0.717) is 17.6 Å². The lowest BCUT2D eigenvalue weighted by Gasteiger charge is -2.14. The summed E-state index contributed by atoms with van der Waals surface area (Å²) in [5.41, 5.74) is 3.42. The predicted molar refractivity (Wildman–Crippen MR) is 96.5 cm³/mol. The van der Waals surface area contributed by atoms with Crippen LogP contribution in [0.5, 0.6) is 0 Å². The van der Waals surface area contributed by atoms with Crippen LogP contribution >= 0.6 is 0 Å². The molecule has 0 radical (unpaired) electrons. The number of aromatic nitrogens is 2. The highest BCUT2D eigenvalue weighted by molar-refractivity contribution is 6.03. The molecule has 126 valence electrons. The highest BCUT2D eigenvalue weighted by Crippen LogP contribution is 2.22. The van der Waals surface area contributed by atoms with Crippen LogP contribution in [-0.2, 0) is 0 Å². The summed E-state index contributed by atoms with van der Waals surface area (Å²) in [7, 11) is 0. The third-order valence-electron chi connectivity index (χ3n) is 4.26. The van der Waals surface area contributed by atoms with Crippen LogP contribution in [0.1, 0.15) is 53.1 Å². The molecule has 0 unspecified atom stereocenters. The van der Waals surface area contributed by atoms with Crippen LogP contribution in [0.25, 0.3) is 0 Å². The minimum atomic E-state index is -0.208. The van der Waals surface area contributed by atoms with E-state index in [0.717, 1.165) is 35.5 Å². The Balaban J connectivity index is 1.77. The van der Waals surface area contributed by atoms with Gasteiger partial charge in [-0.05, 0) is 56.9 Å². The largest absolute Gasteiger partial charge is 0.367 e. The number of nitrogens with one attached hydrogen (secondary N) is 2. The van der Waals surface area contributed by atoms with Gasteiger partial charge in [0.2, 0.25) is 0 Å². The molecule has 2 N–H and O–H groups in total. The van der Waals surface area contributed by atoms with Gasteiger partial charge in [-0.1, -0.05) is 18.9 Å². The number of anilines is 2. The first-order valence-corrected chi connectivity index (χ1v) is 8.51. The van der Waals surface area contributed by atoms with Crippen LogP contribution in [0.4, 0.5) is 11.5 Å². The van der Waals surface area contributed by atoms with E-state index in [1.54, 1.807) is 6.07 Å². The molecule has 1 fully saturated rings. The normalized spacial score (nSPS) is 14.6. The van der Waals surface area contributed by atoms with E-state index in [4.69, 9.17) is 0 Å². The smallest absolute Gasteiger partial charge is 0.274 e. The molecule has 5 nitrogen and oxygen atoms in total. The predicted octanol–water partition coefficient (Wildman–Crippen LogP) is 4.01. The van der Waals surface area contributed by atoms with Crippen molar-refractivity contribution in [2.75, 3.05) is 10.6 Å². The number of hydrogen-bond donors (Lipinski definition) is 2. The molecular weight excluding hydrogens is 300 g/mol. The highest BCUT2D eigenvalue weighted by atomic mass is 16.1. The van der Waals surface area contributed by atoms with Gasteiger partial charge in [-0.3, -0.25) is 4.79 Å². The lowest BCUT2D eigenvalue weighted by molar-refractivity contribution is 0.102. The van der Waals surface area contributed by atoms with Gasteiger partial charge < -0.3 is 10.6 Å². The maximum Gasteiger partial charge on any atom is 0.274 e. The fourth-order valence-corrected chi connectivity index (χ4v) is 3.28. The molecule has 0 saturated heterocycles. The standard InChI is InChI=1S/C19H24N4O/c1-12-8-13(2)10-16(9-12)23-19(24)17-11-18(21-14(3)20-17)22-15-6-4-5-7-15/h8-11,15H,4-7H2,1-3H3,(H,23,24)(H,20,21,22). The van der Waals surface area contributed by atoms with Crippen molar-refractivity contribution in [3.63, 3.8) is 0 Å². The van der Waals surface area contributed by atoms with Crippen molar-refractivity contribution in [2.45, 2.75) is 52.5 Å². The first-order chi connectivity index (χ1) is 11.5. The first-order valence-electron chi connectivity index (χ1n) is 8.51. The number of nitrogens with zero attached hydrogens (tertiary/aromatic N) is 2. The Morgan fingerprint density at radius 2 is 1.67 bits per heavy atom. The molecule has 1 heterocycles. The Hall–Kier alpha value is -2.43. The molecule has 5 heteroatoms. The summed E-state index contributed by atoms with van der Waals surface area (Å²) in [6.07, 6.45) is 4.82. The molecular formula is C19H24N4O. The van der Waals surface area contributed by atoms with E-state index >= 15 is 0 Å². The second kappa shape index (κ2) is 6.99. The fraction of sp³-hybridized carbons (Fsp3) is 0.421. The van der Waals surface area contributed by atoms with Gasteiger partial charge >= 0.3 is 0 Å². The number of amides is 1. The van der Waals surface area contributed by atoms with E-state index < -0.39 is 0 Å². The fourth-order valence-electron chi connectivity index (χ4n) is 3.28. The number of carbonyl (C=O) groups excluding carboxylic acids is 1. The van der Waals surface area contributed by atoms with E-state index in [-0.39, 0.29) is 5.91 Å². The number of rotatable bonds is 4. The summed E-state index contributed by atoms with van der Waals surface area (Å²) in [5.74, 6) is 1.13. The zero-order valence-electron chi connectivity index (χ0n) is 14.5. The summed E-state index contributed by atoms with van der Waals surface area (Å²) in [6, 6.07) is 8.18. The maximum absolute atomic E-state index is 12.5. The molecule has 0 bridgehead atoms. The van der Waals surface area contributed by atoms with Crippen LogP contribution in [0.3, 0.4) is 0 Å². The van der Waals surface area contributed by atoms with Crippen LogP contribution in [0, 0.1) is 20.8 Å². The first kappa shape index (κ1) is 16.4. The van der Waals surface area contributed by atoms with Gasteiger partial charge in [0, 0.05) is 17.8 Å². The summed E-state index contributed by atoms with van der Waals surface area (Å²) in [6.45, 7) is 5.84. The molecule has 1 aliphatic carbocycles. The van der Waals surface area contributed by atoms with Gasteiger partial charge in [0.05, 0.1) is 0 Å². The van der Waals surface area contributed by atoms with Crippen molar-refractivity contribution in [1.82, 2.24) is 9.97 Å². The van der Waals surface area contributed by atoms with E-state index in [1.807, 2.05) is 32.9 Å². The number of hydrogen-bond acceptors (Lipinski definition) is 4. The van der Waals surface area contributed by atoms with E-state index in [9.17, 15) is 4.79 Å². The summed E-state index contributed by atoms with van der Waals surface area (Å²) < 4.78 is 0. The lowest BCUT2D eigenvalue weighted by atomic mass is 10.1. The monoisotopic (exact) mass is 324 g/mol. The van der Waals surface area contributed by atoms with Gasteiger partial charge in [-0.2, -0.15) is 0 Å². The molecule has 24 heavy (non-hydrogen) atoms. The molecule has 1 aromatic carbocycles. The third-order valence-corrected chi connectivity index (χ3v) is 4.26. The third kappa shape index (κ3) is 4.10. The number of aryl methyl sites for hydroxylation is 3. The van der Waals surface area contributed by atoms with Gasteiger partial charge in [0.15, 0.2) is 0 Å². The SMILES string of the molecule is Cc1cc(C)cc(NC(=O)c2cc(NC3CCCC3)nc(C)n2)c1. The molecule has 0 aliphatic heterocycles. The zero-order chi connectivity index (χ0) is 17.1. The average Bonchev–Trinajstić information content (AvgIpc) is 2.98. The minimum Gasteiger partial charge on any atom is -0.367 e. The molecule has 1 amide bonds. The Morgan fingerprint density at radius 1 is 1.00 bits per heavy atom. The van der Waals surface area contributed by atoms with Gasteiger partial charge in [0.1, 0.15) is 17.3 Å². The zero-order valence-corrected chi connectivity index (χ0v) is 14.5. The van der Waals surface area contributed by atoms with Crippen LogP contribution in [0.15, 0.2) is 24.3 Å². The van der Waals surface area contributed by atoms with Crippen molar-refractivity contribution in [2.24, 2.45) is 0 Å². The van der Waals surface area contributed by atoms with Crippen molar-refractivity contribution < 1.29 is 4.79 Å². The highest BCUT2D eigenvalue weighted by Gasteiger charge is 2.17. The van der Waals surface area contributed by atoms with E-state index in [1.165, 1.54) is 12.8 Å². The molecule has 0 spiro atoms. The second-order valence-corrected chi connectivity index (χ2v) is 6.64. The quantitative estimate of drug-likeness (QED) is 0.892. The lowest BCUT2D eigenvalue weighted by Crippen LogP contribution is -2.19. The molecule has 2 aromatic rings. The van der Waals surface area contributed by atoms with Crippen LogP contribution in [0.2, 0.25) is 0 Å². The molecule has 3 rings (SSSR count). The van der Waals surface area contributed by atoms with Gasteiger partial charge in [-0.15, -0.1) is 0 Å². The van der Waals surface area contributed by atoms with Gasteiger partial charge in [0.25, 0.3) is 5.91 Å². The molecule has 0 atom stereocenters. The Bertz CT molecular complexity index is 731. The van der Waals surface area contributed by atoms with Crippen molar-refractivity contribution in [1.29, 1.82) is 0 Å². The topological polar surface area (TPSA) is 66.9 Å². The molecule has 1 aliphatic rings. The Labute approximate surface area is 142 Å². The average molecular weight is 324 g/mol. The van der Waals surface area contributed by atoms with Crippen LogP contribution < -0.4 is 10.6 Å². The van der Waals surface area contributed by atoms with Gasteiger partial charge in [-0.25, -0.2) is 9.97 Å². The maximum atomic E-state index is 12.5. The summed E-state index contributed by atoms with van der Waals surface area (Å²) >= 11 is 0. The Kier molecular flexibility index (Phi) is 4.79. The molecule has 1 saturated carbocycles. The van der Waals surface area contributed by atoms with Crippen molar-refractivity contribution in [3.05, 3.63) is 46.9 Å². The minimum absolute atomic E-state index is 0.208. The summed E-state index contributed by atoms with van der Waals surface area (Å²) in [5, 5.41) is 6.36. The summed E-state index contributed by atoms with van der Waals surface area (Å²) in [4.78, 5) is 21.2. The van der Waals surface area contributed by atoms with E-state index in [2.05, 4.69) is 26.7 Å².